The average molecular weight is 270 g/mol. The number of rotatable bonds is 3. The first kappa shape index (κ1) is 12.4. The average Bonchev–Trinajstić information content (AvgIpc) is 2.96. The minimum atomic E-state index is -0.316. The Hall–Kier alpha value is -2.59. The molecule has 1 unspecified atom stereocenters. The van der Waals surface area contributed by atoms with Gasteiger partial charge in [-0.15, -0.1) is 0 Å². The van der Waals surface area contributed by atoms with Crippen molar-refractivity contribution in [3.05, 3.63) is 35.5 Å². The van der Waals surface area contributed by atoms with Gasteiger partial charge in [0.1, 0.15) is 6.67 Å². The van der Waals surface area contributed by atoms with Gasteiger partial charge in [-0.3, -0.25) is 0 Å². The van der Waals surface area contributed by atoms with Crippen LogP contribution in [0, 0.1) is 0 Å². The van der Waals surface area contributed by atoms with Crippen molar-refractivity contribution in [1.29, 1.82) is 0 Å². The van der Waals surface area contributed by atoms with E-state index in [1.165, 1.54) is 22.7 Å². The summed E-state index contributed by atoms with van der Waals surface area (Å²) < 4.78 is 0. The van der Waals surface area contributed by atoms with Gasteiger partial charge in [-0.1, -0.05) is 18.2 Å². The molecular formula is C14H14N4O2. The summed E-state index contributed by atoms with van der Waals surface area (Å²) >= 11 is 0. The van der Waals surface area contributed by atoms with Crippen molar-refractivity contribution in [1.82, 2.24) is 15.6 Å². The number of hydrogen-bond acceptors (Lipinski definition) is 3. The highest BCUT2D eigenvalue weighted by Gasteiger charge is 2.26. The molecule has 6 nitrogen and oxygen atoms in total. The fourth-order valence-corrected chi connectivity index (χ4v) is 2.71. The minimum absolute atomic E-state index is 0.0454. The number of isocyanates is 1. The largest absolute Gasteiger partial charge is 0.358 e. The van der Waals surface area contributed by atoms with Crippen LogP contribution in [0.5, 0.6) is 0 Å². The summed E-state index contributed by atoms with van der Waals surface area (Å²) in [7, 11) is 0. The van der Waals surface area contributed by atoms with E-state index >= 15 is 0 Å². The van der Waals surface area contributed by atoms with Gasteiger partial charge in [-0.2, -0.15) is 4.99 Å². The van der Waals surface area contributed by atoms with E-state index < -0.39 is 0 Å². The number of aliphatic imine (C=N–C) groups is 1. The molecule has 1 aliphatic rings. The Morgan fingerprint density at radius 2 is 2.25 bits per heavy atom. The molecular weight excluding hydrogens is 256 g/mol. The first-order valence-corrected chi connectivity index (χ1v) is 6.44. The number of amides is 2. The van der Waals surface area contributed by atoms with Crippen LogP contribution in [-0.2, 0) is 17.6 Å². The molecule has 3 rings (SSSR count). The number of nitrogens with one attached hydrogen (secondary N) is 3. The Morgan fingerprint density at radius 3 is 3.10 bits per heavy atom. The molecule has 0 saturated heterocycles. The highest BCUT2D eigenvalue weighted by Crippen LogP contribution is 2.29. The van der Waals surface area contributed by atoms with Gasteiger partial charge in [0.25, 0.3) is 0 Å². The zero-order chi connectivity index (χ0) is 13.9. The number of benzene rings is 1. The molecule has 20 heavy (non-hydrogen) atoms. The SMILES string of the molecule is O=C=NCNC(=O)NC1Cc2[nH]c3ccccc3c2C1. The van der Waals surface area contributed by atoms with Gasteiger partial charge in [-0.05, 0) is 18.1 Å². The zero-order valence-electron chi connectivity index (χ0n) is 10.8. The van der Waals surface area contributed by atoms with Gasteiger partial charge in [0, 0.05) is 29.1 Å². The van der Waals surface area contributed by atoms with Crippen LogP contribution < -0.4 is 10.6 Å². The molecule has 102 valence electrons. The second kappa shape index (κ2) is 5.19. The van der Waals surface area contributed by atoms with Crippen molar-refractivity contribution in [2.24, 2.45) is 4.99 Å². The van der Waals surface area contributed by atoms with E-state index in [4.69, 9.17) is 0 Å². The van der Waals surface area contributed by atoms with Crippen molar-refractivity contribution in [3.8, 4) is 0 Å². The first-order valence-electron chi connectivity index (χ1n) is 6.44. The van der Waals surface area contributed by atoms with Crippen LogP contribution in [0.2, 0.25) is 0 Å². The van der Waals surface area contributed by atoms with Crippen LogP contribution in [-0.4, -0.2) is 29.8 Å². The number of aromatic amines is 1. The molecule has 3 N–H and O–H groups in total. The lowest BCUT2D eigenvalue weighted by Gasteiger charge is -2.12. The highest BCUT2D eigenvalue weighted by atomic mass is 16.2. The quantitative estimate of drug-likeness (QED) is 0.578. The summed E-state index contributed by atoms with van der Waals surface area (Å²) in [5, 5.41) is 6.57. The van der Waals surface area contributed by atoms with Gasteiger partial charge in [0.05, 0.1) is 0 Å². The summed E-state index contributed by atoms with van der Waals surface area (Å²) in [6, 6.07) is 7.92. The Balaban J connectivity index is 1.65. The van der Waals surface area contributed by atoms with E-state index in [9.17, 15) is 9.59 Å². The van der Waals surface area contributed by atoms with Crippen molar-refractivity contribution < 1.29 is 9.59 Å². The number of carbonyl (C=O) groups is 1. The van der Waals surface area contributed by atoms with Gasteiger partial charge in [0.2, 0.25) is 6.08 Å². The smallest absolute Gasteiger partial charge is 0.316 e. The van der Waals surface area contributed by atoms with Gasteiger partial charge < -0.3 is 15.6 Å². The molecule has 0 saturated carbocycles. The van der Waals surface area contributed by atoms with E-state index in [-0.39, 0.29) is 18.7 Å². The maximum Gasteiger partial charge on any atom is 0.316 e. The topological polar surface area (TPSA) is 86.3 Å². The summed E-state index contributed by atoms with van der Waals surface area (Å²) in [6.07, 6.45) is 2.97. The maximum absolute atomic E-state index is 11.6. The monoisotopic (exact) mass is 270 g/mol. The maximum atomic E-state index is 11.6. The molecule has 1 aromatic carbocycles. The molecule has 1 atom stereocenters. The van der Waals surface area contributed by atoms with Gasteiger partial charge in [-0.25, -0.2) is 9.59 Å². The number of nitrogens with zero attached hydrogens (tertiary/aromatic N) is 1. The van der Waals surface area contributed by atoms with Crippen molar-refractivity contribution >= 4 is 23.0 Å². The molecule has 0 radical (unpaired) electrons. The number of fused-ring (bicyclic) bond motifs is 3. The molecule has 1 heterocycles. The zero-order valence-corrected chi connectivity index (χ0v) is 10.8. The predicted molar refractivity (Wildman–Crippen MR) is 74.2 cm³/mol. The number of carbonyl (C=O) groups excluding carboxylic acids is 2. The second-order valence-corrected chi connectivity index (χ2v) is 4.79. The summed E-state index contributed by atoms with van der Waals surface area (Å²) in [5.74, 6) is 0. The Kier molecular flexibility index (Phi) is 3.23. The first-order chi connectivity index (χ1) is 9.78. The summed E-state index contributed by atoms with van der Waals surface area (Å²) in [4.78, 5) is 28.2. The Morgan fingerprint density at radius 1 is 1.40 bits per heavy atom. The van der Waals surface area contributed by atoms with E-state index in [1.807, 2.05) is 12.1 Å². The molecule has 6 heteroatoms. The highest BCUT2D eigenvalue weighted by molar-refractivity contribution is 5.85. The third kappa shape index (κ3) is 2.29. The van der Waals surface area contributed by atoms with E-state index in [1.54, 1.807) is 0 Å². The number of urea groups is 1. The molecule has 0 spiro atoms. The molecule has 0 aliphatic heterocycles. The van der Waals surface area contributed by atoms with Gasteiger partial charge in [0.15, 0.2) is 0 Å². The Bertz CT molecular complexity index is 700. The van der Waals surface area contributed by atoms with Crippen LogP contribution in [0.1, 0.15) is 11.3 Å². The van der Waals surface area contributed by atoms with Crippen molar-refractivity contribution in [2.45, 2.75) is 18.9 Å². The Labute approximate surface area is 115 Å². The van der Waals surface area contributed by atoms with Gasteiger partial charge >= 0.3 is 6.03 Å². The van der Waals surface area contributed by atoms with Crippen molar-refractivity contribution in [3.63, 3.8) is 0 Å². The van der Waals surface area contributed by atoms with E-state index in [0.29, 0.717) is 0 Å². The lowest BCUT2D eigenvalue weighted by Crippen LogP contribution is -2.42. The molecule has 0 bridgehead atoms. The predicted octanol–water partition coefficient (Wildman–Crippen LogP) is 1.23. The van der Waals surface area contributed by atoms with Crippen LogP contribution in [0.4, 0.5) is 4.79 Å². The van der Waals surface area contributed by atoms with E-state index in [2.05, 4.69) is 32.7 Å². The number of H-pyrrole nitrogens is 1. The van der Waals surface area contributed by atoms with Crippen LogP contribution in [0.15, 0.2) is 29.3 Å². The third-order valence-electron chi connectivity index (χ3n) is 3.52. The number of para-hydroxylation sites is 1. The standard InChI is InChI=1S/C14H14N4O2/c19-8-15-7-16-14(20)17-9-5-11-10-3-1-2-4-12(10)18-13(11)6-9/h1-4,9,18H,5-7H2,(H2,16,17,20). The summed E-state index contributed by atoms with van der Waals surface area (Å²) in [6.45, 7) is -0.0454. The fourth-order valence-electron chi connectivity index (χ4n) is 2.71. The molecule has 2 aromatic rings. The molecule has 2 amide bonds. The van der Waals surface area contributed by atoms with Crippen molar-refractivity contribution in [2.75, 3.05) is 6.67 Å². The summed E-state index contributed by atoms with van der Waals surface area (Å²) in [5.41, 5.74) is 3.60. The number of hydrogen-bond donors (Lipinski definition) is 3. The number of aromatic nitrogens is 1. The molecule has 1 aromatic heterocycles. The van der Waals surface area contributed by atoms with Crippen LogP contribution in [0.3, 0.4) is 0 Å². The lowest BCUT2D eigenvalue weighted by atomic mass is 10.1. The minimum Gasteiger partial charge on any atom is -0.358 e. The third-order valence-corrected chi connectivity index (χ3v) is 3.52. The molecule has 0 fully saturated rings. The van der Waals surface area contributed by atoms with E-state index in [0.717, 1.165) is 18.4 Å². The fraction of sp³-hybridized carbons (Fsp3) is 0.286. The lowest BCUT2D eigenvalue weighted by molar-refractivity contribution is 0.237. The molecule has 1 aliphatic carbocycles. The normalized spacial score (nSPS) is 16.5. The van der Waals surface area contributed by atoms with Crippen LogP contribution in [0.25, 0.3) is 10.9 Å². The van der Waals surface area contributed by atoms with Crippen LogP contribution >= 0.6 is 0 Å². The second-order valence-electron chi connectivity index (χ2n) is 4.79.